The van der Waals surface area contributed by atoms with Crippen LogP contribution >= 0.6 is 0 Å². The molecule has 0 aromatic carbocycles. The molecule has 112 valence electrons. The van der Waals surface area contributed by atoms with Crippen LogP contribution in [0.15, 0.2) is 24.3 Å². The Balaban J connectivity index is 3.31. The second-order valence-corrected chi connectivity index (χ2v) is 4.61. The summed E-state index contributed by atoms with van der Waals surface area (Å²) in [7, 11) is 3.36. The first-order valence-corrected chi connectivity index (χ1v) is 7.33. The van der Waals surface area contributed by atoms with E-state index in [1.54, 1.807) is 14.2 Å². The van der Waals surface area contributed by atoms with Crippen molar-refractivity contribution in [2.75, 3.05) is 20.8 Å². The van der Waals surface area contributed by atoms with Crippen LogP contribution < -0.4 is 0 Å². The molecule has 0 saturated carbocycles. The van der Waals surface area contributed by atoms with Crippen molar-refractivity contribution in [3.8, 4) is 0 Å². The van der Waals surface area contributed by atoms with Gasteiger partial charge in [-0.05, 0) is 44.9 Å². The molecule has 0 atom stereocenters. The monoisotopic (exact) mass is 270 g/mol. The molecule has 0 aromatic heterocycles. The summed E-state index contributed by atoms with van der Waals surface area (Å²) in [6.07, 6.45) is 17.3. The van der Waals surface area contributed by atoms with Gasteiger partial charge in [0.05, 0.1) is 0 Å². The molecule has 0 amide bonds. The molecule has 0 heterocycles. The predicted octanol–water partition coefficient (Wildman–Crippen LogP) is 3.83. The normalized spacial score (nSPS) is 12.2. The Morgan fingerprint density at radius 1 is 0.842 bits per heavy atom. The Bertz CT molecular complexity index is 220. The van der Waals surface area contributed by atoms with Gasteiger partial charge in [0.25, 0.3) is 0 Å². The zero-order valence-electron chi connectivity index (χ0n) is 12.5. The summed E-state index contributed by atoms with van der Waals surface area (Å²) in [5, 5.41) is 8.63. The maximum absolute atomic E-state index is 8.63. The highest BCUT2D eigenvalue weighted by atomic mass is 16.7. The van der Waals surface area contributed by atoms with E-state index in [4.69, 9.17) is 14.6 Å². The average Bonchev–Trinajstić information content (AvgIpc) is 2.44. The molecule has 19 heavy (non-hydrogen) atoms. The Kier molecular flexibility index (Phi) is 14.9. The van der Waals surface area contributed by atoms with Gasteiger partial charge >= 0.3 is 0 Å². The summed E-state index contributed by atoms with van der Waals surface area (Å²) < 4.78 is 10.3. The second kappa shape index (κ2) is 15.4. The van der Waals surface area contributed by atoms with Gasteiger partial charge < -0.3 is 14.6 Å². The first kappa shape index (κ1) is 18.4. The zero-order valence-corrected chi connectivity index (χ0v) is 12.5. The third-order valence-electron chi connectivity index (χ3n) is 3.00. The maximum Gasteiger partial charge on any atom is 0.156 e. The SMILES string of the molecule is COC(CCCC/C=C/C=C/CCCCCO)OC. The van der Waals surface area contributed by atoms with Crippen molar-refractivity contribution in [2.45, 2.75) is 57.7 Å². The van der Waals surface area contributed by atoms with Crippen LogP contribution in [-0.4, -0.2) is 32.2 Å². The third-order valence-corrected chi connectivity index (χ3v) is 3.00. The highest BCUT2D eigenvalue weighted by Crippen LogP contribution is 2.07. The fourth-order valence-electron chi connectivity index (χ4n) is 1.81. The molecule has 0 aliphatic heterocycles. The fourth-order valence-corrected chi connectivity index (χ4v) is 1.81. The summed E-state index contributed by atoms with van der Waals surface area (Å²) in [5.74, 6) is 0. The van der Waals surface area contributed by atoms with Crippen LogP contribution in [-0.2, 0) is 9.47 Å². The summed E-state index contributed by atoms with van der Waals surface area (Å²) in [6, 6.07) is 0. The molecule has 0 bridgehead atoms. The second-order valence-electron chi connectivity index (χ2n) is 4.61. The predicted molar refractivity (Wildman–Crippen MR) is 80.1 cm³/mol. The molecule has 0 spiro atoms. The molecule has 0 aromatic rings. The highest BCUT2D eigenvalue weighted by Gasteiger charge is 2.02. The van der Waals surface area contributed by atoms with Gasteiger partial charge in [-0.2, -0.15) is 0 Å². The van der Waals surface area contributed by atoms with Crippen molar-refractivity contribution in [1.29, 1.82) is 0 Å². The topological polar surface area (TPSA) is 38.7 Å². The Morgan fingerprint density at radius 2 is 1.42 bits per heavy atom. The fraction of sp³-hybridized carbons (Fsp3) is 0.750. The number of rotatable bonds is 13. The lowest BCUT2D eigenvalue weighted by molar-refractivity contribution is -0.107. The van der Waals surface area contributed by atoms with Crippen molar-refractivity contribution < 1.29 is 14.6 Å². The Morgan fingerprint density at radius 3 is 1.95 bits per heavy atom. The molecule has 0 radical (unpaired) electrons. The number of hydrogen-bond acceptors (Lipinski definition) is 3. The highest BCUT2D eigenvalue weighted by molar-refractivity contribution is 5.02. The van der Waals surface area contributed by atoms with Gasteiger partial charge in [0.15, 0.2) is 6.29 Å². The third kappa shape index (κ3) is 13.6. The minimum absolute atomic E-state index is 0.0530. The standard InChI is InChI=1S/C16H30O3/c1-18-16(19-2)14-12-10-8-6-4-3-5-7-9-11-13-15-17/h3-6,16-17H,7-15H2,1-2H3/b5-3+,6-4+. The van der Waals surface area contributed by atoms with Crippen molar-refractivity contribution in [1.82, 2.24) is 0 Å². The van der Waals surface area contributed by atoms with Gasteiger partial charge in [0.2, 0.25) is 0 Å². The van der Waals surface area contributed by atoms with Crippen molar-refractivity contribution in [2.24, 2.45) is 0 Å². The van der Waals surface area contributed by atoms with E-state index in [9.17, 15) is 0 Å². The molecule has 0 saturated heterocycles. The lowest BCUT2D eigenvalue weighted by atomic mass is 10.1. The average molecular weight is 270 g/mol. The van der Waals surface area contributed by atoms with E-state index in [2.05, 4.69) is 24.3 Å². The van der Waals surface area contributed by atoms with Gasteiger partial charge in [-0.25, -0.2) is 0 Å². The number of ether oxygens (including phenoxy) is 2. The number of unbranched alkanes of at least 4 members (excludes halogenated alkanes) is 5. The molecule has 0 rings (SSSR count). The van der Waals surface area contributed by atoms with Crippen LogP contribution in [0.2, 0.25) is 0 Å². The number of methoxy groups -OCH3 is 2. The van der Waals surface area contributed by atoms with E-state index >= 15 is 0 Å². The largest absolute Gasteiger partial charge is 0.396 e. The number of allylic oxidation sites excluding steroid dienone is 4. The van der Waals surface area contributed by atoms with E-state index in [-0.39, 0.29) is 6.29 Å². The van der Waals surface area contributed by atoms with Crippen LogP contribution in [0.3, 0.4) is 0 Å². The smallest absolute Gasteiger partial charge is 0.156 e. The van der Waals surface area contributed by atoms with Gasteiger partial charge in [-0.15, -0.1) is 0 Å². The molecule has 3 nitrogen and oxygen atoms in total. The van der Waals surface area contributed by atoms with Gasteiger partial charge in [-0.3, -0.25) is 0 Å². The van der Waals surface area contributed by atoms with Crippen LogP contribution in [0, 0.1) is 0 Å². The minimum Gasteiger partial charge on any atom is -0.396 e. The minimum atomic E-state index is -0.0530. The summed E-state index contributed by atoms with van der Waals surface area (Å²) >= 11 is 0. The Hall–Kier alpha value is -0.640. The van der Waals surface area contributed by atoms with Crippen LogP contribution in [0.25, 0.3) is 0 Å². The quantitative estimate of drug-likeness (QED) is 0.314. The summed E-state index contributed by atoms with van der Waals surface area (Å²) in [6.45, 7) is 0.316. The lowest BCUT2D eigenvalue weighted by Crippen LogP contribution is -2.12. The number of aliphatic hydroxyl groups is 1. The van der Waals surface area contributed by atoms with Crippen molar-refractivity contribution in [3.63, 3.8) is 0 Å². The molecular weight excluding hydrogens is 240 g/mol. The molecule has 0 unspecified atom stereocenters. The molecule has 3 heteroatoms. The molecule has 1 N–H and O–H groups in total. The zero-order chi connectivity index (χ0) is 14.2. The van der Waals surface area contributed by atoms with Gasteiger partial charge in [0.1, 0.15) is 0 Å². The lowest BCUT2D eigenvalue weighted by Gasteiger charge is -2.11. The number of hydrogen-bond donors (Lipinski definition) is 1. The van der Waals surface area contributed by atoms with E-state index in [0.29, 0.717) is 6.61 Å². The van der Waals surface area contributed by atoms with Crippen LogP contribution in [0.4, 0.5) is 0 Å². The van der Waals surface area contributed by atoms with Crippen LogP contribution in [0.5, 0.6) is 0 Å². The van der Waals surface area contributed by atoms with E-state index in [1.807, 2.05) is 0 Å². The van der Waals surface area contributed by atoms with Crippen molar-refractivity contribution in [3.05, 3.63) is 24.3 Å². The van der Waals surface area contributed by atoms with E-state index in [1.165, 1.54) is 12.8 Å². The van der Waals surface area contributed by atoms with E-state index in [0.717, 1.165) is 38.5 Å². The van der Waals surface area contributed by atoms with Gasteiger partial charge in [-0.1, -0.05) is 30.7 Å². The Labute approximate surface area is 118 Å². The first-order valence-electron chi connectivity index (χ1n) is 7.33. The van der Waals surface area contributed by atoms with Crippen LogP contribution in [0.1, 0.15) is 51.4 Å². The van der Waals surface area contributed by atoms with Crippen molar-refractivity contribution >= 4 is 0 Å². The summed E-state index contributed by atoms with van der Waals surface area (Å²) in [4.78, 5) is 0. The molecule has 0 aliphatic carbocycles. The molecule has 0 fully saturated rings. The summed E-state index contributed by atoms with van der Waals surface area (Å²) in [5.41, 5.74) is 0. The number of aliphatic hydroxyl groups excluding tert-OH is 1. The molecule has 0 aliphatic rings. The van der Waals surface area contributed by atoms with E-state index < -0.39 is 0 Å². The maximum atomic E-state index is 8.63. The van der Waals surface area contributed by atoms with Gasteiger partial charge in [0, 0.05) is 20.8 Å². The molecular formula is C16H30O3. The first-order chi connectivity index (χ1) is 9.35.